The Morgan fingerprint density at radius 1 is 1.06 bits per heavy atom. The van der Waals surface area contributed by atoms with Gasteiger partial charge in [-0.15, -0.1) is 5.10 Å². The van der Waals surface area contributed by atoms with Crippen LogP contribution in [0.4, 0.5) is 18.9 Å². The summed E-state index contributed by atoms with van der Waals surface area (Å²) in [6, 6.07) is 11.5. The highest BCUT2D eigenvalue weighted by atomic mass is 32.2. The minimum Gasteiger partial charge on any atom is -0.265 e. The van der Waals surface area contributed by atoms with Crippen LogP contribution in [0.25, 0.3) is 16.9 Å². The lowest BCUT2D eigenvalue weighted by atomic mass is 10.1. The Hall–Kier alpha value is -3.67. The molecule has 4 aromatic rings. The van der Waals surface area contributed by atoms with Crippen LogP contribution in [-0.4, -0.2) is 40.2 Å². The van der Waals surface area contributed by atoms with E-state index in [9.17, 15) is 21.6 Å². The number of hydrogen-bond acceptors (Lipinski definition) is 5. The maximum absolute atomic E-state index is 13.0. The average molecular weight is 474 g/mol. The van der Waals surface area contributed by atoms with Crippen molar-refractivity contribution < 1.29 is 21.6 Å². The van der Waals surface area contributed by atoms with E-state index in [1.54, 1.807) is 35.9 Å². The summed E-state index contributed by atoms with van der Waals surface area (Å²) in [5.74, 6) is 0. The predicted octanol–water partition coefficient (Wildman–Crippen LogP) is 3.64. The SMILES string of the molecule is Cc1nn(Cc2cn(-c3cccc(C(F)(F)F)c3)nn2)c2c1N(C)S(=O)(=O)c1ccccc1-2. The maximum atomic E-state index is 13.0. The lowest BCUT2D eigenvalue weighted by Crippen LogP contribution is -2.31. The van der Waals surface area contributed by atoms with Crippen LogP contribution in [0, 0.1) is 6.92 Å². The van der Waals surface area contributed by atoms with Crippen molar-refractivity contribution in [2.24, 2.45) is 0 Å². The van der Waals surface area contributed by atoms with Gasteiger partial charge in [-0.1, -0.05) is 29.5 Å². The largest absolute Gasteiger partial charge is 0.416 e. The van der Waals surface area contributed by atoms with Crippen LogP contribution in [0.1, 0.15) is 17.0 Å². The van der Waals surface area contributed by atoms with Crippen molar-refractivity contribution in [1.29, 1.82) is 0 Å². The quantitative estimate of drug-likeness (QED) is 0.453. The molecule has 2 aromatic carbocycles. The lowest BCUT2D eigenvalue weighted by Gasteiger charge is -2.27. The first-order valence-electron chi connectivity index (χ1n) is 9.82. The number of alkyl halides is 3. The summed E-state index contributed by atoms with van der Waals surface area (Å²) in [6.45, 7) is 1.87. The van der Waals surface area contributed by atoms with Crippen LogP contribution in [0.5, 0.6) is 0 Å². The third-order valence-corrected chi connectivity index (χ3v) is 7.30. The number of aromatic nitrogens is 5. The molecule has 3 heterocycles. The zero-order valence-corrected chi connectivity index (χ0v) is 18.3. The van der Waals surface area contributed by atoms with Gasteiger partial charge in [-0.25, -0.2) is 13.1 Å². The molecule has 2 aromatic heterocycles. The number of rotatable bonds is 3. The predicted molar refractivity (Wildman–Crippen MR) is 113 cm³/mol. The fraction of sp³-hybridized carbons (Fsp3) is 0.190. The Labute approximate surface area is 186 Å². The molecule has 0 radical (unpaired) electrons. The van der Waals surface area contributed by atoms with Gasteiger partial charge in [0.15, 0.2) is 0 Å². The Bertz CT molecular complexity index is 1490. The topological polar surface area (TPSA) is 85.9 Å². The van der Waals surface area contributed by atoms with Gasteiger partial charge in [0.2, 0.25) is 0 Å². The molecule has 12 heteroatoms. The number of aryl methyl sites for hydroxylation is 1. The smallest absolute Gasteiger partial charge is 0.265 e. The fourth-order valence-electron chi connectivity index (χ4n) is 3.96. The number of halogens is 3. The van der Waals surface area contributed by atoms with E-state index < -0.39 is 21.8 Å². The highest BCUT2D eigenvalue weighted by molar-refractivity contribution is 7.93. The van der Waals surface area contributed by atoms with E-state index in [4.69, 9.17) is 0 Å². The normalized spacial score (nSPS) is 14.8. The molecule has 0 unspecified atom stereocenters. The first-order chi connectivity index (χ1) is 15.6. The second kappa shape index (κ2) is 7.17. The molecule has 0 amide bonds. The highest BCUT2D eigenvalue weighted by Crippen LogP contribution is 2.44. The maximum Gasteiger partial charge on any atom is 0.416 e. The zero-order chi connectivity index (χ0) is 23.5. The van der Waals surface area contributed by atoms with Crippen LogP contribution in [0.15, 0.2) is 59.6 Å². The number of anilines is 1. The molecule has 0 saturated heterocycles. The Morgan fingerprint density at radius 2 is 1.82 bits per heavy atom. The Morgan fingerprint density at radius 3 is 2.58 bits per heavy atom. The summed E-state index contributed by atoms with van der Waals surface area (Å²) < 4.78 is 69.1. The molecule has 1 aliphatic heterocycles. The minimum atomic E-state index is -4.47. The molecule has 170 valence electrons. The monoisotopic (exact) mass is 474 g/mol. The molecule has 1 aliphatic rings. The minimum absolute atomic E-state index is 0.150. The number of hydrogen-bond donors (Lipinski definition) is 0. The second-order valence-electron chi connectivity index (χ2n) is 7.61. The Balaban J connectivity index is 1.54. The molecule has 0 aliphatic carbocycles. The van der Waals surface area contributed by atoms with Gasteiger partial charge in [-0.2, -0.15) is 18.3 Å². The van der Waals surface area contributed by atoms with E-state index in [1.807, 2.05) is 0 Å². The van der Waals surface area contributed by atoms with E-state index in [2.05, 4.69) is 15.4 Å². The summed E-state index contributed by atoms with van der Waals surface area (Å²) in [6.07, 6.45) is -2.95. The number of fused-ring (bicyclic) bond motifs is 3. The van der Waals surface area contributed by atoms with E-state index >= 15 is 0 Å². The lowest BCUT2D eigenvalue weighted by molar-refractivity contribution is -0.137. The molecule has 5 rings (SSSR count). The van der Waals surface area contributed by atoms with Gasteiger partial charge in [0.25, 0.3) is 10.0 Å². The number of nitrogens with zero attached hydrogens (tertiary/aromatic N) is 6. The summed E-state index contributed by atoms with van der Waals surface area (Å²) >= 11 is 0. The summed E-state index contributed by atoms with van der Waals surface area (Å²) in [7, 11) is -2.23. The fourth-order valence-corrected chi connectivity index (χ4v) is 5.41. The van der Waals surface area contributed by atoms with Crippen LogP contribution < -0.4 is 4.31 Å². The Kier molecular flexibility index (Phi) is 4.60. The molecular weight excluding hydrogens is 457 g/mol. The van der Waals surface area contributed by atoms with Gasteiger partial charge in [-0.05, 0) is 31.2 Å². The first-order valence-corrected chi connectivity index (χ1v) is 11.3. The van der Waals surface area contributed by atoms with Crippen molar-refractivity contribution in [3.63, 3.8) is 0 Å². The third-order valence-electron chi connectivity index (χ3n) is 5.48. The van der Waals surface area contributed by atoms with Crippen molar-refractivity contribution in [3.05, 3.63) is 71.7 Å². The van der Waals surface area contributed by atoms with Gasteiger partial charge in [0.05, 0.1) is 40.3 Å². The van der Waals surface area contributed by atoms with Crippen molar-refractivity contribution in [3.8, 4) is 16.9 Å². The summed E-state index contributed by atoms with van der Waals surface area (Å²) in [4.78, 5) is 0.175. The standard InChI is InChI=1S/C21H17F3N6O2S/c1-13-19-20(17-8-3-4-9-18(17)33(31,32)28(19)2)30(26-13)12-15-11-29(27-25-15)16-7-5-6-14(10-16)21(22,23)24/h3-11H,12H2,1-2H3. The number of benzene rings is 2. The highest BCUT2D eigenvalue weighted by Gasteiger charge is 2.37. The third kappa shape index (κ3) is 3.37. The molecule has 0 fully saturated rings. The van der Waals surface area contributed by atoms with E-state index in [0.717, 1.165) is 12.1 Å². The van der Waals surface area contributed by atoms with E-state index in [1.165, 1.54) is 34.4 Å². The average Bonchev–Trinajstić information content (AvgIpc) is 3.36. The van der Waals surface area contributed by atoms with Gasteiger partial charge in [-0.3, -0.25) is 8.99 Å². The summed E-state index contributed by atoms with van der Waals surface area (Å²) in [5, 5.41) is 12.6. The molecule has 0 N–H and O–H groups in total. The van der Waals surface area contributed by atoms with Crippen molar-refractivity contribution in [2.45, 2.75) is 24.5 Å². The number of sulfonamides is 1. The summed E-state index contributed by atoms with van der Waals surface area (Å²) in [5.41, 5.74) is 2.03. The molecular formula is C21H17F3N6O2S. The van der Waals surface area contributed by atoms with Crippen LogP contribution in [-0.2, 0) is 22.7 Å². The first kappa shape index (κ1) is 21.2. The molecule has 0 saturated carbocycles. The molecule has 33 heavy (non-hydrogen) atoms. The van der Waals surface area contributed by atoms with Gasteiger partial charge in [0.1, 0.15) is 11.4 Å². The van der Waals surface area contributed by atoms with Gasteiger partial charge in [0, 0.05) is 12.6 Å². The van der Waals surface area contributed by atoms with E-state index in [-0.39, 0.29) is 17.1 Å². The van der Waals surface area contributed by atoms with Crippen molar-refractivity contribution in [1.82, 2.24) is 24.8 Å². The molecule has 0 atom stereocenters. The van der Waals surface area contributed by atoms with Crippen LogP contribution in [0.2, 0.25) is 0 Å². The second-order valence-corrected chi connectivity index (χ2v) is 9.55. The van der Waals surface area contributed by atoms with Crippen LogP contribution in [0.3, 0.4) is 0 Å². The van der Waals surface area contributed by atoms with Gasteiger partial charge < -0.3 is 0 Å². The molecule has 8 nitrogen and oxygen atoms in total. The molecule has 0 spiro atoms. The van der Waals surface area contributed by atoms with Gasteiger partial charge >= 0.3 is 6.18 Å². The van der Waals surface area contributed by atoms with Crippen molar-refractivity contribution in [2.75, 3.05) is 11.4 Å². The van der Waals surface area contributed by atoms with Crippen LogP contribution >= 0.6 is 0 Å². The van der Waals surface area contributed by atoms with E-state index in [0.29, 0.717) is 28.3 Å². The zero-order valence-electron chi connectivity index (χ0n) is 17.4. The molecule has 0 bridgehead atoms. The van der Waals surface area contributed by atoms with Crippen molar-refractivity contribution >= 4 is 15.7 Å².